The molecule has 2 heteroatoms. The van der Waals surface area contributed by atoms with Gasteiger partial charge in [-0.1, -0.05) is 13.8 Å². The van der Waals surface area contributed by atoms with E-state index < -0.39 is 0 Å². The lowest BCUT2D eigenvalue weighted by molar-refractivity contribution is -0.128. The van der Waals surface area contributed by atoms with Gasteiger partial charge in [-0.25, -0.2) is 0 Å². The predicted octanol–water partition coefficient (Wildman–Crippen LogP) is 2.72. The van der Waals surface area contributed by atoms with E-state index in [0.29, 0.717) is 11.7 Å². The summed E-state index contributed by atoms with van der Waals surface area (Å²) in [7, 11) is 4.31. The summed E-state index contributed by atoms with van der Waals surface area (Å²) in [6.45, 7) is 5.95. The Bertz CT molecular complexity index is 225. The molecule has 0 aromatic heterocycles. The number of Topliss-reactive ketones (excluding diaryl/α,β-unsaturated/α-hetero) is 1. The summed E-state index contributed by atoms with van der Waals surface area (Å²) in [6.07, 6.45) is 4.90. The normalized spacial score (nSPS) is 28.1. The first-order valence-electron chi connectivity index (χ1n) is 6.03. The fourth-order valence-corrected chi connectivity index (χ4v) is 2.60. The van der Waals surface area contributed by atoms with E-state index in [1.165, 1.54) is 25.7 Å². The minimum atomic E-state index is -0.114. The lowest BCUT2D eigenvalue weighted by Gasteiger charge is -2.39. The molecule has 1 rings (SSSR count). The molecule has 0 saturated heterocycles. The number of rotatable bonds is 3. The van der Waals surface area contributed by atoms with Gasteiger partial charge < -0.3 is 4.90 Å². The zero-order valence-corrected chi connectivity index (χ0v) is 10.8. The van der Waals surface area contributed by atoms with E-state index in [0.717, 1.165) is 6.04 Å². The van der Waals surface area contributed by atoms with Gasteiger partial charge in [-0.05, 0) is 52.6 Å². The molecule has 0 heterocycles. The van der Waals surface area contributed by atoms with Crippen molar-refractivity contribution in [3.8, 4) is 0 Å². The van der Waals surface area contributed by atoms with Crippen molar-refractivity contribution in [1.82, 2.24) is 4.90 Å². The van der Waals surface area contributed by atoms with Gasteiger partial charge in [0.15, 0.2) is 0 Å². The van der Waals surface area contributed by atoms with Crippen molar-refractivity contribution in [3.63, 3.8) is 0 Å². The summed E-state index contributed by atoms with van der Waals surface area (Å²) < 4.78 is 0. The van der Waals surface area contributed by atoms with Gasteiger partial charge in [-0.2, -0.15) is 0 Å². The van der Waals surface area contributed by atoms with Crippen molar-refractivity contribution < 1.29 is 4.79 Å². The van der Waals surface area contributed by atoms with Crippen LogP contribution in [0.3, 0.4) is 0 Å². The highest BCUT2D eigenvalue weighted by molar-refractivity contribution is 5.81. The van der Waals surface area contributed by atoms with Crippen LogP contribution in [0.2, 0.25) is 0 Å². The third-order valence-electron chi connectivity index (χ3n) is 4.36. The van der Waals surface area contributed by atoms with Crippen LogP contribution < -0.4 is 0 Å². The third-order valence-corrected chi connectivity index (χ3v) is 4.36. The summed E-state index contributed by atoms with van der Waals surface area (Å²) >= 11 is 0. The van der Waals surface area contributed by atoms with Gasteiger partial charge in [0.1, 0.15) is 5.78 Å². The monoisotopic (exact) mass is 211 g/mol. The fraction of sp³-hybridized carbons (Fsp3) is 0.923. The molecule has 1 saturated carbocycles. The van der Waals surface area contributed by atoms with Crippen LogP contribution in [0.5, 0.6) is 0 Å². The molecule has 0 aromatic rings. The molecule has 1 aliphatic carbocycles. The molecule has 15 heavy (non-hydrogen) atoms. The SMILES string of the molecule is CC(=O)C(C)(C)[C@H]1CC[C@H](N(C)C)CC1. The van der Waals surface area contributed by atoms with Crippen molar-refractivity contribution in [2.24, 2.45) is 11.3 Å². The molecule has 0 atom stereocenters. The van der Waals surface area contributed by atoms with E-state index in [9.17, 15) is 4.79 Å². The van der Waals surface area contributed by atoms with Crippen LogP contribution in [0.15, 0.2) is 0 Å². The average Bonchev–Trinajstić information content (AvgIpc) is 2.17. The maximum Gasteiger partial charge on any atom is 0.135 e. The Morgan fingerprint density at radius 1 is 1.13 bits per heavy atom. The van der Waals surface area contributed by atoms with Crippen LogP contribution in [-0.4, -0.2) is 30.8 Å². The van der Waals surface area contributed by atoms with Gasteiger partial charge in [0.05, 0.1) is 0 Å². The van der Waals surface area contributed by atoms with Crippen molar-refractivity contribution in [3.05, 3.63) is 0 Å². The zero-order valence-electron chi connectivity index (χ0n) is 10.8. The first kappa shape index (κ1) is 12.7. The van der Waals surface area contributed by atoms with E-state index in [1.807, 2.05) is 0 Å². The molecule has 1 aliphatic rings. The van der Waals surface area contributed by atoms with Gasteiger partial charge >= 0.3 is 0 Å². The van der Waals surface area contributed by atoms with E-state index in [1.54, 1.807) is 6.92 Å². The van der Waals surface area contributed by atoms with Crippen molar-refractivity contribution in [1.29, 1.82) is 0 Å². The Labute approximate surface area is 94.0 Å². The smallest absolute Gasteiger partial charge is 0.135 e. The summed E-state index contributed by atoms with van der Waals surface area (Å²) in [5.74, 6) is 0.932. The summed E-state index contributed by atoms with van der Waals surface area (Å²) in [5.41, 5.74) is -0.114. The van der Waals surface area contributed by atoms with Crippen LogP contribution in [0.1, 0.15) is 46.5 Å². The Morgan fingerprint density at radius 2 is 1.60 bits per heavy atom. The number of hydrogen-bond donors (Lipinski definition) is 0. The maximum atomic E-state index is 11.6. The Morgan fingerprint density at radius 3 is 1.93 bits per heavy atom. The molecule has 0 amide bonds. The summed E-state index contributed by atoms with van der Waals surface area (Å²) in [6, 6.07) is 0.726. The molecule has 0 unspecified atom stereocenters. The second-order valence-electron chi connectivity index (χ2n) is 5.75. The highest BCUT2D eigenvalue weighted by Gasteiger charge is 2.36. The van der Waals surface area contributed by atoms with Crippen molar-refractivity contribution in [2.75, 3.05) is 14.1 Å². The Balaban J connectivity index is 2.54. The van der Waals surface area contributed by atoms with Gasteiger partial charge in [-0.3, -0.25) is 4.79 Å². The number of carbonyl (C=O) groups excluding carboxylic acids is 1. The topological polar surface area (TPSA) is 20.3 Å². The molecule has 2 nitrogen and oxygen atoms in total. The number of nitrogens with zero attached hydrogens (tertiary/aromatic N) is 1. The molecular weight excluding hydrogens is 186 g/mol. The number of carbonyl (C=O) groups is 1. The highest BCUT2D eigenvalue weighted by Crippen LogP contribution is 2.39. The molecule has 1 fully saturated rings. The van der Waals surface area contributed by atoms with E-state index in [2.05, 4.69) is 32.8 Å². The molecular formula is C13H25NO. The van der Waals surface area contributed by atoms with Gasteiger partial charge in [-0.15, -0.1) is 0 Å². The summed E-state index contributed by atoms with van der Waals surface area (Å²) in [5, 5.41) is 0. The largest absolute Gasteiger partial charge is 0.306 e. The van der Waals surface area contributed by atoms with Crippen LogP contribution in [0, 0.1) is 11.3 Å². The third kappa shape index (κ3) is 2.81. The lowest BCUT2D eigenvalue weighted by Crippen LogP contribution is -2.38. The minimum absolute atomic E-state index is 0.114. The van der Waals surface area contributed by atoms with Crippen LogP contribution in [0.25, 0.3) is 0 Å². The molecule has 0 aliphatic heterocycles. The predicted molar refractivity (Wildman–Crippen MR) is 63.9 cm³/mol. The molecule has 88 valence electrons. The first-order valence-corrected chi connectivity index (χ1v) is 6.03. The van der Waals surface area contributed by atoms with Crippen molar-refractivity contribution >= 4 is 5.78 Å². The quantitative estimate of drug-likeness (QED) is 0.715. The molecule has 0 radical (unpaired) electrons. The lowest BCUT2D eigenvalue weighted by atomic mass is 9.68. The maximum absolute atomic E-state index is 11.6. The van der Waals surface area contributed by atoms with E-state index in [4.69, 9.17) is 0 Å². The number of ketones is 1. The standard InChI is InChI=1S/C13H25NO/c1-10(15)13(2,3)11-6-8-12(9-7-11)14(4)5/h11-12H,6-9H2,1-5H3/t11-,12-. The fourth-order valence-electron chi connectivity index (χ4n) is 2.60. The molecule has 0 spiro atoms. The summed E-state index contributed by atoms with van der Waals surface area (Å²) in [4.78, 5) is 13.9. The number of hydrogen-bond acceptors (Lipinski definition) is 2. The van der Waals surface area contributed by atoms with Crippen LogP contribution in [-0.2, 0) is 4.79 Å². The Hall–Kier alpha value is -0.370. The van der Waals surface area contributed by atoms with Gasteiger partial charge in [0, 0.05) is 11.5 Å². The average molecular weight is 211 g/mol. The first-order chi connectivity index (χ1) is 6.85. The van der Waals surface area contributed by atoms with E-state index >= 15 is 0 Å². The van der Waals surface area contributed by atoms with E-state index in [-0.39, 0.29) is 5.41 Å². The zero-order chi connectivity index (χ0) is 11.6. The minimum Gasteiger partial charge on any atom is -0.306 e. The van der Waals surface area contributed by atoms with Crippen LogP contribution in [0.4, 0.5) is 0 Å². The second-order valence-corrected chi connectivity index (χ2v) is 5.75. The molecule has 0 bridgehead atoms. The van der Waals surface area contributed by atoms with Crippen LogP contribution >= 0.6 is 0 Å². The Kier molecular flexibility index (Phi) is 3.93. The van der Waals surface area contributed by atoms with Crippen molar-refractivity contribution in [2.45, 2.75) is 52.5 Å². The molecule has 0 aromatic carbocycles. The van der Waals surface area contributed by atoms with Gasteiger partial charge in [0.2, 0.25) is 0 Å². The van der Waals surface area contributed by atoms with Gasteiger partial charge in [0.25, 0.3) is 0 Å². The second kappa shape index (κ2) is 4.65. The highest BCUT2D eigenvalue weighted by atomic mass is 16.1. The molecule has 0 N–H and O–H groups in total.